The van der Waals surface area contributed by atoms with E-state index in [-0.39, 0.29) is 34.8 Å². The van der Waals surface area contributed by atoms with Crippen LogP contribution in [0.2, 0.25) is 0 Å². The van der Waals surface area contributed by atoms with E-state index in [0.717, 1.165) is 44.9 Å². The van der Waals surface area contributed by atoms with Crippen LogP contribution < -0.4 is 11.1 Å². The molecule has 3 rings (SSSR count). The highest BCUT2D eigenvalue weighted by Gasteiger charge is 2.35. The summed E-state index contributed by atoms with van der Waals surface area (Å²) in [6.45, 7) is 2.89. The van der Waals surface area contributed by atoms with E-state index in [4.69, 9.17) is 5.73 Å². The van der Waals surface area contributed by atoms with Gasteiger partial charge in [0.1, 0.15) is 0 Å². The molecule has 3 N–H and O–H groups in total. The van der Waals surface area contributed by atoms with Crippen molar-refractivity contribution in [2.24, 2.45) is 5.73 Å². The van der Waals surface area contributed by atoms with E-state index >= 15 is 0 Å². The van der Waals surface area contributed by atoms with E-state index in [1.54, 1.807) is 22.5 Å². The normalized spacial score (nSPS) is 22.8. The van der Waals surface area contributed by atoms with Gasteiger partial charge in [0.05, 0.1) is 10.4 Å². The van der Waals surface area contributed by atoms with Gasteiger partial charge in [-0.2, -0.15) is 4.31 Å². The van der Waals surface area contributed by atoms with Gasteiger partial charge in [-0.3, -0.25) is 4.79 Å². The second-order valence-electron chi connectivity index (χ2n) is 7.63. The van der Waals surface area contributed by atoms with Crippen molar-refractivity contribution in [3.63, 3.8) is 0 Å². The van der Waals surface area contributed by atoms with E-state index in [1.165, 1.54) is 6.07 Å². The third-order valence-corrected chi connectivity index (χ3v) is 7.78. The molecule has 1 aliphatic heterocycles. The monoisotopic (exact) mass is 415 g/mol. The molecule has 8 heteroatoms. The molecular weight excluding hydrogens is 386 g/mol. The largest absolute Gasteiger partial charge is 0.345 e. The number of hydrogen-bond donors (Lipinski definition) is 2. The van der Waals surface area contributed by atoms with Crippen LogP contribution in [0.3, 0.4) is 0 Å². The molecule has 1 heterocycles. The highest BCUT2D eigenvalue weighted by Crippen LogP contribution is 2.29. The number of carbonyl (C=O) groups is 1. The predicted molar refractivity (Wildman–Crippen MR) is 109 cm³/mol. The van der Waals surface area contributed by atoms with Gasteiger partial charge in [-0.15, -0.1) is 12.4 Å². The molecule has 2 aliphatic rings. The fraction of sp³-hybridized carbons (Fsp3) is 0.632. The number of nitrogens with two attached hydrogens (primary N) is 1. The summed E-state index contributed by atoms with van der Waals surface area (Å²) < 4.78 is 27.6. The van der Waals surface area contributed by atoms with Crippen LogP contribution in [0, 0.1) is 0 Å². The first-order valence-electron chi connectivity index (χ1n) is 9.52. The fourth-order valence-corrected chi connectivity index (χ4v) is 5.85. The average molecular weight is 416 g/mol. The Bertz CT molecular complexity index is 763. The standard InChI is InChI=1S/C19H29N3O3S.ClH/c1-15-7-2-5-12-22(15)26(24,25)17-9-6-8-16(13-17)18(23)21-19(14-20)10-3-4-11-19;/h6,8-9,13,15H,2-5,7,10-12,14,20H2,1H3,(H,21,23);1H. The van der Waals surface area contributed by atoms with Crippen molar-refractivity contribution in [2.75, 3.05) is 13.1 Å². The summed E-state index contributed by atoms with van der Waals surface area (Å²) in [5.74, 6) is -0.249. The van der Waals surface area contributed by atoms with Crippen LogP contribution in [-0.2, 0) is 10.0 Å². The molecule has 1 aliphatic carbocycles. The van der Waals surface area contributed by atoms with E-state index in [9.17, 15) is 13.2 Å². The van der Waals surface area contributed by atoms with Gasteiger partial charge in [-0.05, 0) is 50.8 Å². The zero-order valence-electron chi connectivity index (χ0n) is 15.8. The van der Waals surface area contributed by atoms with Crippen molar-refractivity contribution in [2.45, 2.75) is 68.3 Å². The van der Waals surface area contributed by atoms with Gasteiger partial charge in [-0.25, -0.2) is 8.42 Å². The van der Waals surface area contributed by atoms with E-state index in [2.05, 4.69) is 5.32 Å². The topological polar surface area (TPSA) is 92.5 Å². The second-order valence-corrected chi connectivity index (χ2v) is 9.52. The van der Waals surface area contributed by atoms with Crippen molar-refractivity contribution in [1.82, 2.24) is 9.62 Å². The summed E-state index contributed by atoms with van der Waals surface area (Å²) >= 11 is 0. The summed E-state index contributed by atoms with van der Waals surface area (Å²) in [4.78, 5) is 12.9. The Balaban J connectivity index is 0.00000261. The van der Waals surface area contributed by atoms with Gasteiger partial charge in [0, 0.05) is 24.7 Å². The Hall–Kier alpha value is -1.15. The van der Waals surface area contributed by atoms with E-state index < -0.39 is 10.0 Å². The minimum atomic E-state index is -3.59. The van der Waals surface area contributed by atoms with Crippen LogP contribution in [0.1, 0.15) is 62.2 Å². The third-order valence-electron chi connectivity index (χ3n) is 5.77. The van der Waals surface area contributed by atoms with Crippen molar-refractivity contribution >= 4 is 28.3 Å². The Morgan fingerprint density at radius 1 is 1.26 bits per heavy atom. The van der Waals surface area contributed by atoms with Crippen molar-refractivity contribution in [3.05, 3.63) is 29.8 Å². The molecule has 1 amide bonds. The fourth-order valence-electron chi connectivity index (χ4n) is 4.11. The Morgan fingerprint density at radius 3 is 2.59 bits per heavy atom. The van der Waals surface area contributed by atoms with Crippen LogP contribution in [-0.4, -0.2) is 43.3 Å². The van der Waals surface area contributed by atoms with Gasteiger partial charge in [0.25, 0.3) is 5.91 Å². The maximum absolute atomic E-state index is 13.0. The molecule has 1 saturated carbocycles. The summed E-state index contributed by atoms with van der Waals surface area (Å²) in [6, 6.07) is 6.35. The van der Waals surface area contributed by atoms with Crippen molar-refractivity contribution in [1.29, 1.82) is 0 Å². The summed E-state index contributed by atoms with van der Waals surface area (Å²) in [5.41, 5.74) is 5.91. The van der Waals surface area contributed by atoms with Crippen LogP contribution in [0.4, 0.5) is 0 Å². The van der Waals surface area contributed by atoms with Gasteiger partial charge in [0.2, 0.25) is 10.0 Å². The maximum atomic E-state index is 13.0. The zero-order chi connectivity index (χ0) is 18.8. The molecule has 0 aromatic heterocycles. The first-order valence-corrected chi connectivity index (χ1v) is 11.0. The molecule has 1 unspecified atom stereocenters. The number of sulfonamides is 1. The van der Waals surface area contributed by atoms with E-state index in [0.29, 0.717) is 18.7 Å². The number of amides is 1. The Kier molecular flexibility index (Phi) is 7.30. The smallest absolute Gasteiger partial charge is 0.251 e. The van der Waals surface area contributed by atoms with Crippen LogP contribution in [0.15, 0.2) is 29.2 Å². The number of hydrogen-bond acceptors (Lipinski definition) is 4. The number of piperidine rings is 1. The summed E-state index contributed by atoms with van der Waals surface area (Å²) in [7, 11) is -3.59. The summed E-state index contributed by atoms with van der Waals surface area (Å²) in [6.07, 6.45) is 6.66. The molecule has 1 atom stereocenters. The molecule has 0 radical (unpaired) electrons. The molecule has 1 saturated heterocycles. The lowest BCUT2D eigenvalue weighted by Gasteiger charge is -2.32. The zero-order valence-corrected chi connectivity index (χ0v) is 17.4. The highest BCUT2D eigenvalue weighted by atomic mass is 35.5. The molecule has 2 fully saturated rings. The van der Waals surface area contributed by atoms with Crippen molar-refractivity contribution in [3.8, 4) is 0 Å². The molecule has 27 heavy (non-hydrogen) atoms. The lowest BCUT2D eigenvalue weighted by molar-refractivity contribution is 0.0903. The molecule has 1 aromatic carbocycles. The van der Waals surface area contributed by atoms with Gasteiger partial charge < -0.3 is 11.1 Å². The maximum Gasteiger partial charge on any atom is 0.251 e. The first kappa shape index (κ1) is 22.1. The highest BCUT2D eigenvalue weighted by molar-refractivity contribution is 7.89. The molecular formula is C19H30ClN3O3S. The van der Waals surface area contributed by atoms with Gasteiger partial charge in [0.15, 0.2) is 0 Å². The van der Waals surface area contributed by atoms with Crippen LogP contribution >= 0.6 is 12.4 Å². The number of rotatable bonds is 5. The lowest BCUT2D eigenvalue weighted by atomic mass is 9.97. The quantitative estimate of drug-likeness (QED) is 0.773. The number of carbonyl (C=O) groups excluding carboxylic acids is 1. The summed E-state index contributed by atoms with van der Waals surface area (Å²) in [5, 5.41) is 3.05. The Morgan fingerprint density at radius 2 is 1.96 bits per heavy atom. The molecule has 152 valence electrons. The molecule has 6 nitrogen and oxygen atoms in total. The lowest BCUT2D eigenvalue weighted by Crippen LogP contribution is -2.51. The van der Waals surface area contributed by atoms with Crippen molar-refractivity contribution < 1.29 is 13.2 Å². The second kappa shape index (κ2) is 8.90. The Labute approximate surface area is 168 Å². The van der Waals surface area contributed by atoms with Gasteiger partial charge in [-0.1, -0.05) is 25.3 Å². The molecule has 0 spiro atoms. The van der Waals surface area contributed by atoms with Crippen LogP contribution in [0.5, 0.6) is 0 Å². The van der Waals surface area contributed by atoms with Gasteiger partial charge >= 0.3 is 0 Å². The van der Waals surface area contributed by atoms with Crippen LogP contribution in [0.25, 0.3) is 0 Å². The average Bonchev–Trinajstić information content (AvgIpc) is 3.11. The number of halogens is 1. The predicted octanol–water partition coefficient (Wildman–Crippen LogP) is 2.67. The molecule has 1 aromatic rings. The minimum Gasteiger partial charge on any atom is -0.345 e. The SMILES string of the molecule is CC1CCCCN1S(=O)(=O)c1cccc(C(=O)NC2(CN)CCCC2)c1.Cl. The first-order chi connectivity index (χ1) is 12.4. The number of benzene rings is 1. The number of nitrogens with zero attached hydrogens (tertiary/aromatic N) is 1. The molecule has 0 bridgehead atoms. The third kappa shape index (κ3) is 4.65. The number of nitrogens with one attached hydrogen (secondary N) is 1. The minimum absolute atomic E-state index is 0. The van der Waals surface area contributed by atoms with E-state index in [1.807, 2.05) is 6.92 Å².